The molecule has 0 aromatic heterocycles. The summed E-state index contributed by atoms with van der Waals surface area (Å²) in [7, 11) is 0. The number of hydrogen-bond donors (Lipinski definition) is 2. The fraction of sp³-hybridized carbons (Fsp3) is 0.562. The van der Waals surface area contributed by atoms with Crippen LogP contribution in [0.3, 0.4) is 0 Å². The molecule has 0 fully saturated rings. The zero-order valence-corrected chi connectivity index (χ0v) is 12.8. The number of amides is 1. The third-order valence-corrected chi connectivity index (χ3v) is 3.43. The van der Waals surface area contributed by atoms with Crippen molar-refractivity contribution >= 4 is 5.91 Å². The summed E-state index contributed by atoms with van der Waals surface area (Å²) in [5, 5.41) is 2.90. The van der Waals surface area contributed by atoms with Gasteiger partial charge in [-0.25, -0.2) is 0 Å². The number of hydrogen-bond acceptors (Lipinski definition) is 3. The Hall–Kier alpha value is -1.55. The highest BCUT2D eigenvalue weighted by molar-refractivity contribution is 5.80. The summed E-state index contributed by atoms with van der Waals surface area (Å²) < 4.78 is 5.64. The molecular weight excluding hydrogens is 252 g/mol. The Bertz CT molecular complexity index is 417. The molecule has 112 valence electrons. The largest absolute Gasteiger partial charge is 0.481 e. The van der Waals surface area contributed by atoms with E-state index in [9.17, 15) is 4.79 Å². The average molecular weight is 278 g/mol. The van der Waals surface area contributed by atoms with Gasteiger partial charge in [0.05, 0.1) is 0 Å². The molecule has 0 aliphatic rings. The molecule has 1 aromatic carbocycles. The van der Waals surface area contributed by atoms with Crippen molar-refractivity contribution in [3.63, 3.8) is 0 Å². The molecular formula is C16H26N2O2. The maximum absolute atomic E-state index is 11.9. The molecule has 0 saturated heterocycles. The van der Waals surface area contributed by atoms with E-state index in [4.69, 9.17) is 10.5 Å². The Kier molecular flexibility index (Phi) is 6.52. The number of carbonyl (C=O) groups is 1. The predicted octanol–water partition coefficient (Wildman–Crippen LogP) is 2.78. The van der Waals surface area contributed by atoms with Crippen LogP contribution in [0.4, 0.5) is 0 Å². The third kappa shape index (κ3) is 4.85. The lowest BCUT2D eigenvalue weighted by molar-refractivity contribution is -0.127. The molecule has 1 amide bonds. The molecule has 0 spiro atoms. The molecule has 0 aliphatic carbocycles. The number of nitrogens with two attached hydrogens (primary N) is 1. The maximum Gasteiger partial charge on any atom is 0.260 e. The van der Waals surface area contributed by atoms with E-state index in [2.05, 4.69) is 12.2 Å². The van der Waals surface area contributed by atoms with Gasteiger partial charge in [0.2, 0.25) is 0 Å². The summed E-state index contributed by atoms with van der Waals surface area (Å²) in [5.74, 6) is 0.595. The quantitative estimate of drug-likeness (QED) is 0.806. The van der Waals surface area contributed by atoms with E-state index in [0.717, 1.165) is 18.4 Å². The van der Waals surface area contributed by atoms with Gasteiger partial charge in [0.15, 0.2) is 6.10 Å². The highest BCUT2D eigenvalue weighted by Crippen LogP contribution is 2.19. The molecule has 4 nitrogen and oxygen atoms in total. The van der Waals surface area contributed by atoms with Crippen molar-refractivity contribution in [1.82, 2.24) is 5.32 Å². The van der Waals surface area contributed by atoms with Gasteiger partial charge in [0, 0.05) is 12.1 Å². The smallest absolute Gasteiger partial charge is 0.260 e. The highest BCUT2D eigenvalue weighted by atomic mass is 16.5. The van der Waals surface area contributed by atoms with Crippen LogP contribution < -0.4 is 15.8 Å². The topological polar surface area (TPSA) is 64.3 Å². The van der Waals surface area contributed by atoms with Gasteiger partial charge in [-0.15, -0.1) is 0 Å². The Morgan fingerprint density at radius 2 is 1.80 bits per heavy atom. The first-order chi connectivity index (χ1) is 9.47. The molecule has 3 N–H and O–H groups in total. The first-order valence-corrected chi connectivity index (χ1v) is 7.30. The fourth-order valence-electron chi connectivity index (χ4n) is 1.75. The second-order valence-corrected chi connectivity index (χ2v) is 5.16. The fourth-order valence-corrected chi connectivity index (χ4v) is 1.75. The lowest BCUT2D eigenvalue weighted by atomic mass is 10.1. The van der Waals surface area contributed by atoms with Gasteiger partial charge < -0.3 is 15.8 Å². The summed E-state index contributed by atoms with van der Waals surface area (Å²) in [6, 6.07) is 7.83. The minimum absolute atomic E-state index is 0.0511. The summed E-state index contributed by atoms with van der Waals surface area (Å²) in [6.07, 6.45) is 1.30. The molecule has 3 atom stereocenters. The monoisotopic (exact) mass is 278 g/mol. The van der Waals surface area contributed by atoms with Gasteiger partial charge in [0.1, 0.15) is 5.75 Å². The first kappa shape index (κ1) is 16.5. The Morgan fingerprint density at radius 3 is 2.30 bits per heavy atom. The van der Waals surface area contributed by atoms with Gasteiger partial charge in [-0.1, -0.05) is 26.0 Å². The SMILES string of the molecule is CCC(C)NC(=O)C(C)Oc1ccc([C@H](N)CC)cc1. The van der Waals surface area contributed by atoms with Crippen LogP contribution in [0.5, 0.6) is 5.75 Å². The second kappa shape index (κ2) is 7.90. The number of benzene rings is 1. The van der Waals surface area contributed by atoms with Crippen LogP contribution in [-0.4, -0.2) is 18.1 Å². The normalized spacial score (nSPS) is 15.2. The lowest BCUT2D eigenvalue weighted by Gasteiger charge is -2.18. The number of rotatable bonds is 7. The van der Waals surface area contributed by atoms with E-state index in [1.807, 2.05) is 38.1 Å². The summed E-state index contributed by atoms with van der Waals surface area (Å²) >= 11 is 0. The molecule has 0 saturated carbocycles. The van der Waals surface area contributed by atoms with Crippen LogP contribution in [0.15, 0.2) is 24.3 Å². The van der Waals surface area contributed by atoms with E-state index >= 15 is 0 Å². The van der Waals surface area contributed by atoms with Crippen LogP contribution >= 0.6 is 0 Å². The molecule has 0 radical (unpaired) electrons. The standard InChI is InChI=1S/C16H26N2O2/c1-5-11(3)18-16(19)12(4)20-14-9-7-13(8-10-14)15(17)6-2/h7-12,15H,5-6,17H2,1-4H3,(H,18,19)/t11?,12?,15-/m1/s1. The van der Waals surface area contributed by atoms with Crippen LogP contribution in [0, 0.1) is 0 Å². The molecule has 1 aromatic rings. The van der Waals surface area contributed by atoms with Crippen molar-refractivity contribution in [2.75, 3.05) is 0 Å². The summed E-state index contributed by atoms with van der Waals surface area (Å²) in [5.41, 5.74) is 7.04. The molecule has 2 unspecified atom stereocenters. The van der Waals surface area contributed by atoms with Crippen LogP contribution in [0.25, 0.3) is 0 Å². The van der Waals surface area contributed by atoms with Gasteiger partial charge in [-0.05, 0) is 44.4 Å². The van der Waals surface area contributed by atoms with Crippen molar-refractivity contribution in [2.45, 2.75) is 58.7 Å². The lowest BCUT2D eigenvalue weighted by Crippen LogP contribution is -2.40. The van der Waals surface area contributed by atoms with E-state index in [-0.39, 0.29) is 18.0 Å². The van der Waals surface area contributed by atoms with Gasteiger partial charge >= 0.3 is 0 Å². The van der Waals surface area contributed by atoms with Crippen LogP contribution in [0.1, 0.15) is 52.1 Å². The third-order valence-electron chi connectivity index (χ3n) is 3.43. The average Bonchev–Trinajstić information content (AvgIpc) is 2.46. The van der Waals surface area contributed by atoms with Crippen molar-refractivity contribution in [3.05, 3.63) is 29.8 Å². The van der Waals surface area contributed by atoms with Gasteiger partial charge in [-0.2, -0.15) is 0 Å². The number of carbonyl (C=O) groups excluding carboxylic acids is 1. The molecule has 0 aliphatic heterocycles. The minimum Gasteiger partial charge on any atom is -0.481 e. The molecule has 4 heteroatoms. The van der Waals surface area contributed by atoms with Crippen LogP contribution in [-0.2, 0) is 4.79 Å². The van der Waals surface area contributed by atoms with Gasteiger partial charge in [0.25, 0.3) is 5.91 Å². The van der Waals surface area contributed by atoms with Gasteiger partial charge in [-0.3, -0.25) is 4.79 Å². The summed E-state index contributed by atoms with van der Waals surface area (Å²) in [6.45, 7) is 7.82. The minimum atomic E-state index is -0.505. The highest BCUT2D eigenvalue weighted by Gasteiger charge is 2.16. The predicted molar refractivity (Wildman–Crippen MR) is 81.6 cm³/mol. The van der Waals surface area contributed by atoms with E-state index in [1.165, 1.54) is 0 Å². The summed E-state index contributed by atoms with van der Waals surface area (Å²) in [4.78, 5) is 11.9. The van der Waals surface area contributed by atoms with E-state index in [0.29, 0.717) is 5.75 Å². The Labute approximate surface area is 121 Å². The van der Waals surface area contributed by atoms with Crippen LogP contribution in [0.2, 0.25) is 0 Å². The number of ether oxygens (including phenoxy) is 1. The van der Waals surface area contributed by atoms with E-state index in [1.54, 1.807) is 6.92 Å². The van der Waals surface area contributed by atoms with Crippen molar-refractivity contribution < 1.29 is 9.53 Å². The second-order valence-electron chi connectivity index (χ2n) is 5.16. The molecule has 1 rings (SSSR count). The van der Waals surface area contributed by atoms with Crippen molar-refractivity contribution in [3.8, 4) is 5.75 Å². The Morgan fingerprint density at radius 1 is 1.20 bits per heavy atom. The number of nitrogens with one attached hydrogen (secondary N) is 1. The van der Waals surface area contributed by atoms with Crippen molar-refractivity contribution in [2.24, 2.45) is 5.73 Å². The molecule has 0 heterocycles. The van der Waals surface area contributed by atoms with E-state index < -0.39 is 6.10 Å². The zero-order chi connectivity index (χ0) is 15.1. The zero-order valence-electron chi connectivity index (χ0n) is 12.8. The molecule has 0 bridgehead atoms. The van der Waals surface area contributed by atoms with Crippen molar-refractivity contribution in [1.29, 1.82) is 0 Å². The molecule has 20 heavy (non-hydrogen) atoms. The maximum atomic E-state index is 11.9. The first-order valence-electron chi connectivity index (χ1n) is 7.30. The Balaban J connectivity index is 2.57.